The quantitative estimate of drug-likeness (QED) is 0.198. The van der Waals surface area contributed by atoms with Gasteiger partial charge in [-0.2, -0.15) is 0 Å². The lowest BCUT2D eigenvalue weighted by atomic mass is 10.3. The molecule has 2 radical (unpaired) electrons. The lowest BCUT2D eigenvalue weighted by Gasteiger charge is -2.31. The van der Waals surface area contributed by atoms with Crippen molar-refractivity contribution in [3.63, 3.8) is 0 Å². The van der Waals surface area contributed by atoms with Crippen LogP contribution in [0.1, 0.15) is 13.8 Å². The van der Waals surface area contributed by atoms with E-state index >= 15 is 0 Å². The molecule has 0 bridgehead atoms. The lowest BCUT2D eigenvalue weighted by molar-refractivity contribution is -0.384. The van der Waals surface area contributed by atoms with Crippen LogP contribution in [-0.4, -0.2) is 32.4 Å². The third kappa shape index (κ3) is 4.20. The second-order valence-corrected chi connectivity index (χ2v) is 6.49. The smallest absolute Gasteiger partial charge is 0.293 e. The molecule has 0 saturated carbocycles. The van der Waals surface area contributed by atoms with Crippen LogP contribution in [0.25, 0.3) is 0 Å². The molecule has 0 atom stereocenters. The molecule has 110 valence electrons. The van der Waals surface area contributed by atoms with Gasteiger partial charge in [0.05, 0.1) is 4.92 Å². The van der Waals surface area contributed by atoms with E-state index in [1.165, 1.54) is 23.9 Å². The first-order chi connectivity index (χ1) is 9.48. The molecular formula is C12H18N2O4SSi. The number of nitrogen functional groups attached to an aromatic ring is 1. The highest BCUT2D eigenvalue weighted by Gasteiger charge is 2.32. The van der Waals surface area contributed by atoms with Gasteiger partial charge in [0.25, 0.3) is 5.69 Å². The summed E-state index contributed by atoms with van der Waals surface area (Å²) in [4.78, 5) is 11.1. The molecule has 1 aromatic rings. The van der Waals surface area contributed by atoms with E-state index in [4.69, 9.17) is 15.2 Å². The first kappa shape index (κ1) is 17.0. The zero-order chi connectivity index (χ0) is 15.2. The van der Waals surface area contributed by atoms with Crippen molar-refractivity contribution in [2.24, 2.45) is 0 Å². The van der Waals surface area contributed by atoms with Crippen molar-refractivity contribution in [1.82, 2.24) is 0 Å². The number of nitrogens with two attached hydrogens (primary N) is 1. The summed E-state index contributed by atoms with van der Waals surface area (Å²) in [5.74, 6) is 0. The molecule has 0 aromatic heterocycles. The number of nitrogens with zero attached hydrogens (tertiary/aromatic N) is 1. The van der Waals surface area contributed by atoms with Crippen LogP contribution in [0.5, 0.6) is 0 Å². The Hall–Kier alpha value is -1.09. The van der Waals surface area contributed by atoms with Crippen LogP contribution >= 0.6 is 11.8 Å². The van der Waals surface area contributed by atoms with Gasteiger partial charge in [0.2, 0.25) is 0 Å². The van der Waals surface area contributed by atoms with Crippen LogP contribution in [0.2, 0.25) is 6.55 Å². The van der Waals surface area contributed by atoms with Gasteiger partial charge >= 0.3 is 0 Å². The predicted molar refractivity (Wildman–Crippen MR) is 81.0 cm³/mol. The Labute approximate surface area is 125 Å². The normalized spacial score (nSPS) is 11.6. The Morgan fingerprint density at radius 1 is 1.40 bits per heavy atom. The average Bonchev–Trinajstić information content (AvgIpc) is 2.41. The molecule has 0 spiro atoms. The maximum atomic E-state index is 10.9. The molecule has 1 rings (SSSR count). The molecular weight excluding hydrogens is 296 g/mol. The summed E-state index contributed by atoms with van der Waals surface area (Å²) in [6.45, 7) is 6.76. The molecule has 0 saturated heterocycles. The Morgan fingerprint density at radius 2 is 2.00 bits per heavy atom. The molecule has 6 nitrogen and oxygen atoms in total. The Balaban J connectivity index is 3.04. The maximum absolute atomic E-state index is 10.9. The van der Waals surface area contributed by atoms with Gasteiger partial charge < -0.3 is 15.2 Å². The summed E-state index contributed by atoms with van der Waals surface area (Å²) in [5.41, 5.74) is 5.64. The number of nitro groups is 1. The fraction of sp³-hybridized carbons (Fsp3) is 0.500. The van der Waals surface area contributed by atoms with E-state index < -0.39 is 9.67 Å². The molecule has 0 amide bonds. The number of ether oxygens (including phenoxy) is 2. The molecule has 0 heterocycles. The van der Waals surface area contributed by atoms with Crippen LogP contribution < -0.4 is 5.73 Å². The summed E-state index contributed by atoms with van der Waals surface area (Å²) in [5, 5.41) is 10.9. The number of rotatable bonds is 8. The minimum absolute atomic E-state index is 0.101. The Kier molecular flexibility index (Phi) is 6.47. The molecule has 0 fully saturated rings. The molecule has 0 unspecified atom stereocenters. The molecule has 0 aliphatic carbocycles. The number of benzene rings is 1. The van der Waals surface area contributed by atoms with E-state index in [2.05, 4.69) is 0 Å². The van der Waals surface area contributed by atoms with E-state index in [0.29, 0.717) is 27.6 Å². The van der Waals surface area contributed by atoms with Gasteiger partial charge in [-0.25, -0.2) is 0 Å². The number of nitro benzene ring substituents is 1. The minimum atomic E-state index is -0.798. The van der Waals surface area contributed by atoms with Gasteiger partial charge in [-0.3, -0.25) is 10.1 Å². The highest BCUT2D eigenvalue weighted by atomic mass is 32.2. The Morgan fingerprint density at radius 3 is 2.45 bits per heavy atom. The molecule has 20 heavy (non-hydrogen) atoms. The molecule has 1 aromatic carbocycles. The van der Waals surface area contributed by atoms with Gasteiger partial charge in [0.15, 0.2) is 4.74 Å². The first-order valence-electron chi connectivity index (χ1n) is 6.17. The Bertz CT molecular complexity index is 467. The third-order valence-electron chi connectivity index (χ3n) is 2.43. The topological polar surface area (TPSA) is 87.6 Å². The zero-order valence-electron chi connectivity index (χ0n) is 11.7. The van der Waals surface area contributed by atoms with E-state index in [9.17, 15) is 10.1 Å². The second-order valence-electron chi connectivity index (χ2n) is 3.75. The molecule has 8 heteroatoms. The fourth-order valence-electron chi connectivity index (χ4n) is 1.58. The molecule has 2 N–H and O–H groups in total. The maximum Gasteiger partial charge on any atom is 0.293 e. The monoisotopic (exact) mass is 314 g/mol. The standard InChI is InChI=1S/C12H18N2O4SSi/c1-4-17-12(20-3,18-5-2)19-9-6-7-10(13)11(8-9)14(15)16/h6-8H,4-5,13H2,1-3H3. The lowest BCUT2D eigenvalue weighted by Crippen LogP contribution is -2.37. The van der Waals surface area contributed by atoms with Gasteiger partial charge in [-0.05, 0) is 26.0 Å². The fourth-order valence-corrected chi connectivity index (χ4v) is 3.89. The van der Waals surface area contributed by atoms with Crippen molar-refractivity contribution < 1.29 is 14.4 Å². The zero-order valence-corrected chi connectivity index (χ0v) is 13.5. The first-order valence-corrected chi connectivity index (χ1v) is 8.49. The van der Waals surface area contributed by atoms with Crippen LogP contribution in [0.4, 0.5) is 11.4 Å². The highest BCUT2D eigenvalue weighted by Crippen LogP contribution is 2.37. The summed E-state index contributed by atoms with van der Waals surface area (Å²) >= 11 is 1.33. The molecule has 0 aliphatic rings. The van der Waals surface area contributed by atoms with Crippen molar-refractivity contribution in [3.05, 3.63) is 28.3 Å². The van der Waals surface area contributed by atoms with Gasteiger partial charge in [0.1, 0.15) is 15.2 Å². The average molecular weight is 314 g/mol. The van der Waals surface area contributed by atoms with Crippen molar-refractivity contribution >= 4 is 32.7 Å². The van der Waals surface area contributed by atoms with E-state index in [1.807, 2.05) is 20.4 Å². The number of anilines is 1. The van der Waals surface area contributed by atoms with Gasteiger partial charge in [-0.1, -0.05) is 18.3 Å². The van der Waals surface area contributed by atoms with Crippen LogP contribution in [0.15, 0.2) is 23.1 Å². The van der Waals surface area contributed by atoms with Crippen molar-refractivity contribution in [3.8, 4) is 0 Å². The van der Waals surface area contributed by atoms with Gasteiger partial charge in [-0.15, -0.1) is 0 Å². The number of hydrogen-bond acceptors (Lipinski definition) is 6. The largest absolute Gasteiger partial charge is 0.393 e. The summed E-state index contributed by atoms with van der Waals surface area (Å²) in [6, 6.07) is 4.72. The van der Waals surface area contributed by atoms with Crippen LogP contribution in [-0.2, 0) is 9.47 Å². The third-order valence-corrected chi connectivity index (χ3v) is 5.24. The van der Waals surface area contributed by atoms with E-state index in [-0.39, 0.29) is 11.4 Å². The van der Waals surface area contributed by atoms with Crippen molar-refractivity contribution in [2.75, 3.05) is 18.9 Å². The van der Waals surface area contributed by atoms with Crippen molar-refractivity contribution in [1.29, 1.82) is 0 Å². The minimum Gasteiger partial charge on any atom is -0.393 e. The van der Waals surface area contributed by atoms with Gasteiger partial charge in [0, 0.05) is 24.2 Å². The summed E-state index contributed by atoms with van der Waals surface area (Å²) < 4.78 is 10.6. The second kappa shape index (κ2) is 7.63. The SMILES string of the molecule is CCOC(OCC)([Si]C)Sc1ccc(N)c([N+](=O)[O-])c1. The number of hydrogen-bond donors (Lipinski definition) is 1. The van der Waals surface area contributed by atoms with Crippen LogP contribution in [0, 0.1) is 10.1 Å². The highest BCUT2D eigenvalue weighted by molar-refractivity contribution is 8.01. The summed E-state index contributed by atoms with van der Waals surface area (Å²) in [7, 11) is 0.364. The summed E-state index contributed by atoms with van der Waals surface area (Å²) in [6.07, 6.45) is 0. The van der Waals surface area contributed by atoms with Crippen molar-refractivity contribution in [2.45, 2.75) is 30.0 Å². The predicted octanol–water partition coefficient (Wildman–Crippen LogP) is 2.71. The number of thioether (sulfide) groups is 1. The van der Waals surface area contributed by atoms with Crippen LogP contribution in [0.3, 0.4) is 0 Å². The molecule has 0 aliphatic heterocycles. The van der Waals surface area contributed by atoms with E-state index in [0.717, 1.165) is 0 Å². The van der Waals surface area contributed by atoms with E-state index in [1.54, 1.807) is 6.07 Å².